The quantitative estimate of drug-likeness (QED) is 0.723. The van der Waals surface area contributed by atoms with E-state index >= 15 is 0 Å². The number of Topliss-reactive ketones (excluding diaryl/α,β-unsaturated/α-hetero) is 2. The molecule has 6 unspecified atom stereocenters. The van der Waals surface area contributed by atoms with Crippen LogP contribution in [0.5, 0.6) is 0 Å². The van der Waals surface area contributed by atoms with Crippen LogP contribution in [0.3, 0.4) is 0 Å². The van der Waals surface area contributed by atoms with Crippen LogP contribution in [0.25, 0.3) is 0 Å². The van der Waals surface area contributed by atoms with Gasteiger partial charge in [-0.2, -0.15) is 0 Å². The predicted molar refractivity (Wildman–Crippen MR) is 89.1 cm³/mol. The highest BCUT2D eigenvalue weighted by molar-refractivity contribution is 5.87. The highest BCUT2D eigenvalue weighted by atomic mass is 16.3. The van der Waals surface area contributed by atoms with Crippen LogP contribution in [-0.2, 0) is 9.59 Å². The minimum absolute atomic E-state index is 0.0675. The lowest BCUT2D eigenvalue weighted by Crippen LogP contribution is -2.66. The van der Waals surface area contributed by atoms with Gasteiger partial charge in [0.15, 0.2) is 0 Å². The summed E-state index contributed by atoms with van der Waals surface area (Å²) in [4.78, 5) is 24.5. The zero-order valence-corrected chi connectivity index (χ0v) is 14.5. The molecular weight excluding hydrogens is 304 g/mol. The van der Waals surface area contributed by atoms with E-state index < -0.39 is 11.0 Å². The Balaban J connectivity index is 1.78. The zero-order valence-electron chi connectivity index (χ0n) is 14.5. The number of rotatable bonds is 1. The van der Waals surface area contributed by atoms with Crippen LogP contribution in [0.1, 0.15) is 58.3 Å². The molecule has 4 rings (SSSR count). The van der Waals surface area contributed by atoms with Crippen LogP contribution in [0, 0.1) is 28.6 Å². The fourth-order valence-electron chi connectivity index (χ4n) is 6.90. The van der Waals surface area contributed by atoms with Gasteiger partial charge in [-0.3, -0.25) is 9.59 Å². The lowest BCUT2D eigenvalue weighted by atomic mass is 9.42. The fourth-order valence-corrected chi connectivity index (χ4v) is 6.90. The molecule has 2 N–H and O–H groups in total. The molecule has 6 atom stereocenters. The highest BCUT2D eigenvalue weighted by Crippen LogP contribution is 2.67. The summed E-state index contributed by atoms with van der Waals surface area (Å²) in [5.41, 5.74) is -1.46. The van der Waals surface area contributed by atoms with Crippen molar-refractivity contribution in [3.05, 3.63) is 12.2 Å². The van der Waals surface area contributed by atoms with Crippen molar-refractivity contribution < 1.29 is 19.8 Å². The first-order valence-electron chi connectivity index (χ1n) is 9.35. The minimum Gasteiger partial charge on any atom is -0.396 e. The van der Waals surface area contributed by atoms with Gasteiger partial charge in [0, 0.05) is 30.1 Å². The van der Waals surface area contributed by atoms with Gasteiger partial charge >= 0.3 is 0 Å². The molecule has 0 saturated heterocycles. The van der Waals surface area contributed by atoms with Crippen molar-refractivity contribution in [2.24, 2.45) is 28.6 Å². The average Bonchev–Trinajstić information content (AvgIpc) is 2.84. The number of carbonyl (C=O) groups is 2. The van der Waals surface area contributed by atoms with E-state index in [0.717, 1.165) is 19.3 Å². The van der Waals surface area contributed by atoms with Gasteiger partial charge in [-0.25, -0.2) is 0 Å². The first-order valence-corrected chi connectivity index (χ1v) is 9.35. The number of carbonyl (C=O) groups excluding carboxylic acids is 2. The van der Waals surface area contributed by atoms with Crippen molar-refractivity contribution in [3.8, 4) is 0 Å². The Bertz CT molecular complexity index is 625. The van der Waals surface area contributed by atoms with Crippen LogP contribution in [0.15, 0.2) is 12.2 Å². The van der Waals surface area contributed by atoms with E-state index in [1.54, 1.807) is 0 Å². The van der Waals surface area contributed by atoms with Gasteiger partial charge in [-0.1, -0.05) is 13.5 Å². The standard InChI is InChI=1S/C20H28O4/c1-12-9-14-15-3-4-17(23)18(15,2)7-6-16(14)19(11-21)8-5-13(22)10-20(12,19)24/h14-16,21,24H,1,3-11H2,2H3. The Morgan fingerprint density at radius 1 is 1.17 bits per heavy atom. The monoisotopic (exact) mass is 332 g/mol. The molecule has 4 heteroatoms. The molecule has 0 aromatic rings. The van der Waals surface area contributed by atoms with E-state index in [2.05, 4.69) is 13.5 Å². The van der Waals surface area contributed by atoms with Gasteiger partial charge in [-0.05, 0) is 55.4 Å². The average molecular weight is 332 g/mol. The van der Waals surface area contributed by atoms with E-state index in [-0.39, 0.29) is 30.1 Å². The Morgan fingerprint density at radius 2 is 1.92 bits per heavy atom. The van der Waals surface area contributed by atoms with Crippen LogP contribution in [0.2, 0.25) is 0 Å². The summed E-state index contributed by atoms with van der Waals surface area (Å²) in [6, 6.07) is 0. The maximum absolute atomic E-state index is 12.5. The summed E-state index contributed by atoms with van der Waals surface area (Å²) >= 11 is 0. The molecular formula is C20H28O4. The first kappa shape index (κ1) is 16.5. The third-order valence-electron chi connectivity index (χ3n) is 8.33. The van der Waals surface area contributed by atoms with Crippen LogP contribution >= 0.6 is 0 Å². The smallest absolute Gasteiger partial charge is 0.139 e. The van der Waals surface area contributed by atoms with Crippen molar-refractivity contribution >= 4 is 11.6 Å². The maximum atomic E-state index is 12.5. The summed E-state index contributed by atoms with van der Waals surface area (Å²) in [7, 11) is 0. The number of hydrogen-bond donors (Lipinski definition) is 2. The second kappa shape index (κ2) is 5.01. The molecule has 132 valence electrons. The molecule has 4 aliphatic rings. The Kier molecular flexibility index (Phi) is 3.44. The lowest BCUT2D eigenvalue weighted by Gasteiger charge is -2.63. The topological polar surface area (TPSA) is 74.6 Å². The molecule has 4 fully saturated rings. The van der Waals surface area contributed by atoms with Crippen LogP contribution in [0.4, 0.5) is 0 Å². The van der Waals surface area contributed by atoms with E-state index in [1.165, 1.54) is 0 Å². The van der Waals surface area contributed by atoms with Crippen molar-refractivity contribution in [1.29, 1.82) is 0 Å². The number of aliphatic hydroxyl groups excluding tert-OH is 1. The Labute approximate surface area is 143 Å². The number of fused-ring (bicyclic) bond motifs is 5. The molecule has 4 aliphatic carbocycles. The lowest BCUT2D eigenvalue weighted by molar-refractivity contribution is -0.196. The van der Waals surface area contributed by atoms with Gasteiger partial charge < -0.3 is 10.2 Å². The number of ketones is 2. The van der Waals surface area contributed by atoms with Gasteiger partial charge in [0.2, 0.25) is 0 Å². The summed E-state index contributed by atoms with van der Waals surface area (Å²) in [6.45, 7) is 6.16. The molecule has 0 radical (unpaired) electrons. The van der Waals surface area contributed by atoms with Crippen molar-refractivity contribution in [2.45, 2.75) is 63.9 Å². The SMILES string of the molecule is C=C1CC2C3CCC(=O)C3(C)CCC2C2(CO)CCC(=O)CC12O. The fraction of sp³-hybridized carbons (Fsp3) is 0.800. The first-order chi connectivity index (χ1) is 11.3. The predicted octanol–water partition coefficient (Wildman–Crippen LogP) is 2.42. The van der Waals surface area contributed by atoms with E-state index in [0.29, 0.717) is 48.9 Å². The number of aliphatic hydroxyl groups is 2. The Hall–Kier alpha value is -1.00. The second-order valence-electron chi connectivity index (χ2n) is 8.99. The summed E-state index contributed by atoms with van der Waals surface area (Å²) in [5.74, 6) is 1.25. The normalized spacial score (nSPS) is 51.1. The molecule has 0 heterocycles. The molecule has 0 aromatic heterocycles. The number of hydrogen-bond acceptors (Lipinski definition) is 4. The summed E-state index contributed by atoms with van der Waals surface area (Å²) in [6.07, 6.45) is 5.02. The van der Waals surface area contributed by atoms with Crippen LogP contribution in [-0.4, -0.2) is 34.0 Å². The van der Waals surface area contributed by atoms with Crippen molar-refractivity contribution in [2.75, 3.05) is 6.61 Å². The zero-order chi connectivity index (χ0) is 17.3. The van der Waals surface area contributed by atoms with Gasteiger partial charge in [0.05, 0.1) is 6.61 Å². The second-order valence-corrected chi connectivity index (χ2v) is 8.99. The van der Waals surface area contributed by atoms with Gasteiger partial charge in [0.25, 0.3) is 0 Å². The third kappa shape index (κ3) is 1.76. The molecule has 24 heavy (non-hydrogen) atoms. The third-order valence-corrected chi connectivity index (χ3v) is 8.33. The highest BCUT2D eigenvalue weighted by Gasteiger charge is 2.67. The van der Waals surface area contributed by atoms with Crippen LogP contribution < -0.4 is 0 Å². The molecule has 0 aromatic carbocycles. The minimum atomic E-state index is -1.27. The summed E-state index contributed by atoms with van der Waals surface area (Å²) < 4.78 is 0. The maximum Gasteiger partial charge on any atom is 0.139 e. The van der Waals surface area contributed by atoms with E-state index in [1.807, 2.05) is 0 Å². The summed E-state index contributed by atoms with van der Waals surface area (Å²) in [5, 5.41) is 21.8. The van der Waals surface area contributed by atoms with E-state index in [4.69, 9.17) is 0 Å². The van der Waals surface area contributed by atoms with Crippen molar-refractivity contribution in [3.63, 3.8) is 0 Å². The molecule has 0 aliphatic heterocycles. The molecule has 0 spiro atoms. The van der Waals surface area contributed by atoms with Gasteiger partial charge in [0.1, 0.15) is 17.2 Å². The van der Waals surface area contributed by atoms with E-state index in [9.17, 15) is 19.8 Å². The Morgan fingerprint density at radius 3 is 2.62 bits per heavy atom. The molecule has 0 amide bonds. The molecule has 4 saturated carbocycles. The molecule has 4 nitrogen and oxygen atoms in total. The molecule has 0 bridgehead atoms. The largest absolute Gasteiger partial charge is 0.396 e. The van der Waals surface area contributed by atoms with Crippen molar-refractivity contribution in [1.82, 2.24) is 0 Å². The van der Waals surface area contributed by atoms with Gasteiger partial charge in [-0.15, -0.1) is 0 Å².